The predicted octanol–water partition coefficient (Wildman–Crippen LogP) is 4.63. The number of benzene rings is 2. The van der Waals surface area contributed by atoms with E-state index in [1.54, 1.807) is 33.5 Å². The van der Waals surface area contributed by atoms with Gasteiger partial charge in [-0.3, -0.25) is 4.90 Å². The number of nitriles is 1. The average molecular weight is 448 g/mol. The first kappa shape index (κ1) is 23.8. The molecule has 0 radical (unpaired) electrons. The topological polar surface area (TPSA) is 92.5 Å². The van der Waals surface area contributed by atoms with Crippen molar-refractivity contribution in [3.05, 3.63) is 53.7 Å². The predicted molar refractivity (Wildman–Crippen MR) is 128 cm³/mol. The molecular weight excluding hydrogens is 418 g/mol. The van der Waals surface area contributed by atoms with Crippen LogP contribution >= 0.6 is 0 Å². The lowest BCUT2D eigenvalue weighted by Crippen LogP contribution is -2.21. The van der Waals surface area contributed by atoms with Gasteiger partial charge in [-0.25, -0.2) is 9.97 Å². The Bertz CT molecular complexity index is 1100. The Morgan fingerprint density at radius 1 is 0.970 bits per heavy atom. The van der Waals surface area contributed by atoms with E-state index >= 15 is 0 Å². The molecule has 1 aromatic heterocycles. The summed E-state index contributed by atoms with van der Waals surface area (Å²) in [6.45, 7) is 7.19. The summed E-state index contributed by atoms with van der Waals surface area (Å²) in [7, 11) is 4.67. The Morgan fingerprint density at radius 2 is 1.61 bits per heavy atom. The molecule has 172 valence electrons. The number of ether oxygens (including phenoxy) is 3. The number of rotatable bonds is 10. The lowest BCUT2D eigenvalue weighted by molar-refractivity contribution is 0.296. The Labute approximate surface area is 194 Å². The summed E-state index contributed by atoms with van der Waals surface area (Å²) < 4.78 is 16.2. The SMILES string of the molecule is CCN(CC)Cc1ccc(-c2nc(Nc3cc(OC)c(OC)c(OC)c3)ncc2C#N)cc1. The minimum absolute atomic E-state index is 0.352. The quantitative estimate of drug-likeness (QED) is 0.481. The molecule has 0 atom stereocenters. The maximum Gasteiger partial charge on any atom is 0.227 e. The van der Waals surface area contributed by atoms with Gasteiger partial charge in [0, 0.05) is 29.9 Å². The van der Waals surface area contributed by atoms with Crippen molar-refractivity contribution in [1.29, 1.82) is 5.26 Å². The van der Waals surface area contributed by atoms with Crippen molar-refractivity contribution in [1.82, 2.24) is 14.9 Å². The Morgan fingerprint density at radius 3 is 2.12 bits per heavy atom. The number of hydrogen-bond donors (Lipinski definition) is 1. The van der Waals surface area contributed by atoms with Gasteiger partial charge in [0.05, 0.1) is 38.8 Å². The maximum atomic E-state index is 9.59. The largest absolute Gasteiger partial charge is 0.493 e. The third-order valence-corrected chi connectivity index (χ3v) is 5.36. The Balaban J connectivity index is 1.91. The van der Waals surface area contributed by atoms with Crippen molar-refractivity contribution >= 4 is 11.6 Å². The molecule has 0 bridgehead atoms. The van der Waals surface area contributed by atoms with Gasteiger partial charge >= 0.3 is 0 Å². The molecule has 2 aromatic carbocycles. The van der Waals surface area contributed by atoms with E-state index < -0.39 is 0 Å². The molecule has 0 aliphatic rings. The van der Waals surface area contributed by atoms with E-state index in [0.717, 1.165) is 25.2 Å². The summed E-state index contributed by atoms with van der Waals surface area (Å²) in [6, 6.07) is 13.8. The molecule has 1 heterocycles. The van der Waals surface area contributed by atoms with Crippen LogP contribution in [0.5, 0.6) is 17.2 Å². The number of methoxy groups -OCH3 is 3. The summed E-state index contributed by atoms with van der Waals surface area (Å²) in [5.74, 6) is 1.87. The van der Waals surface area contributed by atoms with Crippen LogP contribution in [0.2, 0.25) is 0 Å². The number of anilines is 2. The van der Waals surface area contributed by atoms with E-state index in [0.29, 0.717) is 40.1 Å². The van der Waals surface area contributed by atoms with E-state index in [4.69, 9.17) is 14.2 Å². The molecule has 0 saturated heterocycles. The van der Waals surface area contributed by atoms with Crippen molar-refractivity contribution in [3.63, 3.8) is 0 Å². The third kappa shape index (κ3) is 5.51. The highest BCUT2D eigenvalue weighted by Gasteiger charge is 2.15. The molecule has 0 aliphatic heterocycles. The van der Waals surface area contributed by atoms with Crippen LogP contribution in [0.4, 0.5) is 11.6 Å². The first-order valence-electron chi connectivity index (χ1n) is 10.7. The van der Waals surface area contributed by atoms with Crippen LogP contribution < -0.4 is 19.5 Å². The molecule has 8 heteroatoms. The zero-order chi connectivity index (χ0) is 23.8. The van der Waals surface area contributed by atoms with E-state index in [9.17, 15) is 5.26 Å². The summed E-state index contributed by atoms with van der Waals surface area (Å²) in [6.07, 6.45) is 1.52. The highest BCUT2D eigenvalue weighted by molar-refractivity contribution is 5.70. The molecule has 33 heavy (non-hydrogen) atoms. The van der Waals surface area contributed by atoms with Gasteiger partial charge in [-0.15, -0.1) is 0 Å². The smallest absolute Gasteiger partial charge is 0.227 e. The van der Waals surface area contributed by atoms with E-state index in [1.165, 1.54) is 11.8 Å². The molecule has 3 aromatic rings. The minimum atomic E-state index is 0.352. The minimum Gasteiger partial charge on any atom is -0.493 e. The van der Waals surface area contributed by atoms with Gasteiger partial charge < -0.3 is 19.5 Å². The second-order valence-electron chi connectivity index (χ2n) is 7.27. The summed E-state index contributed by atoms with van der Waals surface area (Å²) in [5.41, 5.74) is 3.70. The number of hydrogen-bond acceptors (Lipinski definition) is 8. The van der Waals surface area contributed by atoms with Crippen LogP contribution in [0.3, 0.4) is 0 Å². The molecule has 0 aliphatic carbocycles. The second kappa shape index (κ2) is 11.2. The van der Waals surface area contributed by atoms with Crippen molar-refractivity contribution in [2.45, 2.75) is 20.4 Å². The zero-order valence-corrected chi connectivity index (χ0v) is 19.7. The van der Waals surface area contributed by atoms with Crippen molar-refractivity contribution in [2.75, 3.05) is 39.7 Å². The van der Waals surface area contributed by atoms with Crippen molar-refractivity contribution < 1.29 is 14.2 Å². The monoisotopic (exact) mass is 447 g/mol. The summed E-state index contributed by atoms with van der Waals surface area (Å²) in [5, 5.41) is 12.8. The van der Waals surface area contributed by atoms with Crippen molar-refractivity contribution in [3.8, 4) is 34.6 Å². The highest BCUT2D eigenvalue weighted by atomic mass is 16.5. The normalized spacial score (nSPS) is 10.6. The fourth-order valence-electron chi connectivity index (χ4n) is 3.50. The van der Waals surface area contributed by atoms with Crippen LogP contribution in [-0.4, -0.2) is 49.3 Å². The number of aromatic nitrogens is 2. The van der Waals surface area contributed by atoms with Gasteiger partial charge in [0.2, 0.25) is 11.7 Å². The molecule has 1 N–H and O–H groups in total. The van der Waals surface area contributed by atoms with Gasteiger partial charge in [0.15, 0.2) is 11.5 Å². The van der Waals surface area contributed by atoms with Crippen LogP contribution in [0, 0.1) is 11.3 Å². The van der Waals surface area contributed by atoms with Crippen LogP contribution in [0.1, 0.15) is 25.0 Å². The average Bonchev–Trinajstić information content (AvgIpc) is 2.86. The molecule has 0 saturated carbocycles. The van der Waals surface area contributed by atoms with E-state index in [-0.39, 0.29) is 0 Å². The molecule has 0 spiro atoms. The number of nitrogens with one attached hydrogen (secondary N) is 1. The van der Waals surface area contributed by atoms with Gasteiger partial charge in [0.25, 0.3) is 0 Å². The zero-order valence-electron chi connectivity index (χ0n) is 19.7. The summed E-state index contributed by atoms with van der Waals surface area (Å²) >= 11 is 0. The molecule has 3 rings (SSSR count). The maximum absolute atomic E-state index is 9.59. The standard InChI is InChI=1S/C25H29N5O3/c1-6-30(7-2)16-17-8-10-18(11-9-17)23-19(14-26)15-27-25(29-23)28-20-12-21(31-3)24(33-5)22(13-20)32-4/h8-13,15H,6-7,16H2,1-5H3,(H,27,28,29). The lowest BCUT2D eigenvalue weighted by Gasteiger charge is -2.18. The van der Waals surface area contributed by atoms with Crippen molar-refractivity contribution in [2.24, 2.45) is 0 Å². The van der Waals surface area contributed by atoms with E-state index in [1.807, 2.05) is 12.1 Å². The van der Waals surface area contributed by atoms with Crippen LogP contribution in [0.15, 0.2) is 42.6 Å². The number of nitrogens with zero attached hydrogens (tertiary/aromatic N) is 4. The van der Waals surface area contributed by atoms with Gasteiger partial charge in [-0.2, -0.15) is 5.26 Å². The fraction of sp³-hybridized carbons (Fsp3) is 0.320. The van der Waals surface area contributed by atoms with Gasteiger partial charge in [0.1, 0.15) is 6.07 Å². The Kier molecular flexibility index (Phi) is 8.06. The first-order chi connectivity index (χ1) is 16.1. The first-order valence-corrected chi connectivity index (χ1v) is 10.7. The van der Waals surface area contributed by atoms with E-state index in [2.05, 4.69) is 52.2 Å². The molecule has 0 amide bonds. The second-order valence-corrected chi connectivity index (χ2v) is 7.27. The molecule has 8 nitrogen and oxygen atoms in total. The summed E-state index contributed by atoms with van der Waals surface area (Å²) in [4.78, 5) is 11.3. The van der Waals surface area contributed by atoms with Gasteiger partial charge in [-0.05, 0) is 18.7 Å². The lowest BCUT2D eigenvalue weighted by atomic mass is 10.1. The molecular formula is C25H29N5O3. The highest BCUT2D eigenvalue weighted by Crippen LogP contribution is 2.40. The molecule has 0 fully saturated rings. The van der Waals surface area contributed by atoms with Gasteiger partial charge in [-0.1, -0.05) is 38.1 Å². The fourth-order valence-corrected chi connectivity index (χ4v) is 3.50. The van der Waals surface area contributed by atoms with Crippen LogP contribution in [0.25, 0.3) is 11.3 Å². The van der Waals surface area contributed by atoms with Crippen LogP contribution in [-0.2, 0) is 6.54 Å². The Hall–Kier alpha value is -3.83. The third-order valence-electron chi connectivity index (χ3n) is 5.36. The molecule has 0 unspecified atom stereocenters.